The van der Waals surface area contributed by atoms with Gasteiger partial charge in [-0.2, -0.15) is 0 Å². The summed E-state index contributed by atoms with van der Waals surface area (Å²) in [6.45, 7) is 4.05. The van der Waals surface area contributed by atoms with Gasteiger partial charge in [-0.05, 0) is 42.0 Å². The van der Waals surface area contributed by atoms with Crippen molar-refractivity contribution in [2.45, 2.75) is 31.5 Å². The molecule has 108 valence electrons. The molecule has 0 aliphatic carbocycles. The zero-order chi connectivity index (χ0) is 14.9. The average molecular weight is 408 g/mol. The average Bonchev–Trinajstić information content (AvgIpc) is 2.73. The number of imidazole rings is 1. The number of aliphatic carboxylic acids is 1. The van der Waals surface area contributed by atoms with E-state index in [-0.39, 0.29) is 17.6 Å². The molecule has 1 N–H and O–H groups in total. The van der Waals surface area contributed by atoms with Crippen LogP contribution in [0.3, 0.4) is 0 Å². The van der Waals surface area contributed by atoms with Crippen LogP contribution in [0.4, 0.5) is 4.39 Å². The van der Waals surface area contributed by atoms with Gasteiger partial charge in [-0.25, -0.2) is 9.37 Å². The third-order valence-corrected chi connectivity index (χ3v) is 4.82. The van der Waals surface area contributed by atoms with Crippen LogP contribution in [0.15, 0.2) is 17.3 Å². The molecule has 0 spiro atoms. The van der Waals surface area contributed by atoms with Crippen molar-refractivity contribution in [2.24, 2.45) is 0 Å². The fourth-order valence-electron chi connectivity index (χ4n) is 1.90. The molecular weight excluding hydrogens is 394 g/mol. The number of nitrogens with zero attached hydrogens (tertiary/aromatic N) is 2. The Labute approximate surface area is 133 Å². The highest BCUT2D eigenvalue weighted by Gasteiger charge is 2.18. The quantitative estimate of drug-likeness (QED) is 0.602. The molecule has 1 heterocycles. The first-order valence-electron chi connectivity index (χ1n) is 6.15. The summed E-state index contributed by atoms with van der Waals surface area (Å²) in [6, 6.07) is 3.30. The summed E-state index contributed by atoms with van der Waals surface area (Å²) in [7, 11) is 0. The van der Waals surface area contributed by atoms with Crippen LogP contribution in [0.1, 0.15) is 26.3 Å². The van der Waals surface area contributed by atoms with Crippen LogP contribution in [-0.4, -0.2) is 26.4 Å². The minimum Gasteiger partial charge on any atom is -0.481 e. The van der Waals surface area contributed by atoms with Gasteiger partial charge in [0.1, 0.15) is 5.82 Å². The summed E-state index contributed by atoms with van der Waals surface area (Å²) in [6.07, 6.45) is 0.861. The summed E-state index contributed by atoms with van der Waals surface area (Å²) < 4.78 is 16.2. The van der Waals surface area contributed by atoms with E-state index in [1.54, 1.807) is 6.07 Å². The lowest BCUT2D eigenvalue weighted by molar-refractivity contribution is -0.133. The minimum absolute atomic E-state index is 0.0562. The van der Waals surface area contributed by atoms with Gasteiger partial charge in [0.2, 0.25) is 0 Å². The van der Waals surface area contributed by atoms with Crippen molar-refractivity contribution in [3.05, 3.63) is 21.5 Å². The number of fused-ring (bicyclic) bond motifs is 1. The van der Waals surface area contributed by atoms with E-state index >= 15 is 0 Å². The molecule has 0 saturated carbocycles. The molecule has 0 amide bonds. The first-order valence-corrected chi connectivity index (χ1v) is 8.22. The molecule has 0 aliphatic heterocycles. The van der Waals surface area contributed by atoms with Crippen molar-refractivity contribution in [3.8, 4) is 0 Å². The standard InChI is InChI=1S/C13H14FIN2O2S/c1-3-7(2)17-11-4-8(14)9(15)5-10(11)16-13(17)20-6-12(18)19/h4-5,7H,3,6H2,1-2H3,(H,18,19). The summed E-state index contributed by atoms with van der Waals surface area (Å²) in [5, 5.41) is 9.43. The van der Waals surface area contributed by atoms with Gasteiger partial charge in [-0.1, -0.05) is 18.7 Å². The molecule has 2 rings (SSSR count). The fraction of sp³-hybridized carbons (Fsp3) is 0.385. The predicted octanol–water partition coefficient (Wildman–Crippen LogP) is 3.93. The molecule has 0 bridgehead atoms. The van der Waals surface area contributed by atoms with Gasteiger partial charge in [-0.3, -0.25) is 4.79 Å². The molecule has 0 saturated heterocycles. The lowest BCUT2D eigenvalue weighted by Gasteiger charge is -2.15. The molecule has 0 radical (unpaired) electrons. The maximum absolute atomic E-state index is 13.8. The van der Waals surface area contributed by atoms with Crippen molar-refractivity contribution in [3.63, 3.8) is 0 Å². The number of benzene rings is 1. The third kappa shape index (κ3) is 3.08. The Morgan fingerprint density at radius 2 is 2.30 bits per heavy atom. The van der Waals surface area contributed by atoms with Gasteiger partial charge in [0.25, 0.3) is 0 Å². The van der Waals surface area contributed by atoms with Crippen LogP contribution in [-0.2, 0) is 4.79 Å². The first kappa shape index (κ1) is 15.6. The zero-order valence-electron chi connectivity index (χ0n) is 11.1. The summed E-state index contributed by atoms with van der Waals surface area (Å²) in [5.41, 5.74) is 1.41. The molecule has 2 aromatic rings. The lowest BCUT2D eigenvalue weighted by Crippen LogP contribution is -2.07. The monoisotopic (exact) mass is 408 g/mol. The Balaban J connectivity index is 2.57. The zero-order valence-corrected chi connectivity index (χ0v) is 14.0. The first-order chi connectivity index (χ1) is 9.43. The number of hydrogen-bond acceptors (Lipinski definition) is 3. The van der Waals surface area contributed by atoms with Crippen molar-refractivity contribution in [1.29, 1.82) is 0 Å². The molecule has 20 heavy (non-hydrogen) atoms. The molecule has 1 atom stereocenters. The van der Waals surface area contributed by atoms with E-state index in [1.807, 2.05) is 41.0 Å². The maximum Gasteiger partial charge on any atom is 0.313 e. The van der Waals surface area contributed by atoms with Gasteiger partial charge in [0.05, 0.1) is 20.4 Å². The van der Waals surface area contributed by atoms with Crippen LogP contribution < -0.4 is 0 Å². The number of carboxylic acid groups (broad SMARTS) is 1. The molecule has 1 unspecified atom stereocenters. The number of halogens is 2. The summed E-state index contributed by atoms with van der Waals surface area (Å²) >= 11 is 3.09. The number of hydrogen-bond donors (Lipinski definition) is 1. The van der Waals surface area contributed by atoms with Gasteiger partial charge in [0, 0.05) is 12.1 Å². The van der Waals surface area contributed by atoms with Gasteiger partial charge in [-0.15, -0.1) is 0 Å². The lowest BCUT2D eigenvalue weighted by atomic mass is 10.2. The van der Waals surface area contributed by atoms with Crippen LogP contribution in [0.25, 0.3) is 11.0 Å². The minimum atomic E-state index is -0.890. The van der Waals surface area contributed by atoms with Gasteiger partial charge < -0.3 is 9.67 Å². The van der Waals surface area contributed by atoms with Crippen molar-refractivity contribution < 1.29 is 14.3 Å². The molecule has 7 heteroatoms. The molecule has 0 aliphatic rings. The summed E-state index contributed by atoms with van der Waals surface area (Å²) in [4.78, 5) is 15.2. The highest BCUT2D eigenvalue weighted by molar-refractivity contribution is 14.1. The van der Waals surface area contributed by atoms with Crippen LogP contribution in [0, 0.1) is 9.39 Å². The molecular formula is C13H14FIN2O2S. The van der Waals surface area contributed by atoms with E-state index < -0.39 is 5.97 Å². The van der Waals surface area contributed by atoms with E-state index in [2.05, 4.69) is 4.98 Å². The smallest absolute Gasteiger partial charge is 0.313 e. The van der Waals surface area contributed by atoms with Crippen LogP contribution in [0.5, 0.6) is 0 Å². The van der Waals surface area contributed by atoms with Crippen molar-refractivity contribution in [2.75, 3.05) is 5.75 Å². The molecule has 1 aromatic carbocycles. The Morgan fingerprint density at radius 1 is 1.60 bits per heavy atom. The fourth-order valence-corrected chi connectivity index (χ4v) is 3.19. The van der Waals surface area contributed by atoms with E-state index in [4.69, 9.17) is 5.11 Å². The van der Waals surface area contributed by atoms with Crippen molar-refractivity contribution in [1.82, 2.24) is 9.55 Å². The van der Waals surface area contributed by atoms with Gasteiger partial charge in [0.15, 0.2) is 5.16 Å². The number of thioether (sulfide) groups is 1. The highest BCUT2D eigenvalue weighted by atomic mass is 127. The molecule has 4 nitrogen and oxygen atoms in total. The Hall–Kier alpha value is -0.830. The van der Waals surface area contributed by atoms with Gasteiger partial charge >= 0.3 is 5.97 Å². The Kier molecular flexibility index (Phi) is 4.90. The SMILES string of the molecule is CCC(C)n1c(SCC(=O)O)nc2cc(I)c(F)cc21. The predicted molar refractivity (Wildman–Crippen MR) is 85.8 cm³/mol. The number of carboxylic acids is 1. The van der Waals surface area contributed by atoms with Crippen LogP contribution in [0.2, 0.25) is 0 Å². The van der Waals surface area contributed by atoms with Crippen molar-refractivity contribution >= 4 is 51.4 Å². The second kappa shape index (κ2) is 6.30. The normalized spacial score (nSPS) is 12.8. The second-order valence-electron chi connectivity index (χ2n) is 4.46. The van der Waals surface area contributed by atoms with E-state index in [0.717, 1.165) is 18.2 Å². The Morgan fingerprint density at radius 3 is 2.90 bits per heavy atom. The van der Waals surface area contributed by atoms with E-state index in [0.29, 0.717) is 19.8 Å². The highest BCUT2D eigenvalue weighted by Crippen LogP contribution is 2.30. The number of carbonyl (C=O) groups is 1. The largest absolute Gasteiger partial charge is 0.481 e. The Bertz CT molecular complexity index is 659. The maximum atomic E-state index is 13.8. The third-order valence-electron chi connectivity index (χ3n) is 3.06. The molecule has 1 aromatic heterocycles. The van der Waals surface area contributed by atoms with E-state index in [1.165, 1.54) is 6.07 Å². The molecule has 0 fully saturated rings. The second-order valence-corrected chi connectivity index (χ2v) is 6.56. The van der Waals surface area contributed by atoms with Crippen LogP contribution >= 0.6 is 34.4 Å². The van der Waals surface area contributed by atoms with E-state index in [9.17, 15) is 9.18 Å². The topological polar surface area (TPSA) is 55.1 Å². The number of rotatable bonds is 5. The number of aromatic nitrogens is 2. The summed E-state index contributed by atoms with van der Waals surface area (Å²) in [5.74, 6) is -1.23.